The van der Waals surface area contributed by atoms with Crippen molar-refractivity contribution in [1.29, 1.82) is 0 Å². The summed E-state index contributed by atoms with van der Waals surface area (Å²) < 4.78 is 0. The zero-order valence-electron chi connectivity index (χ0n) is 8.38. The lowest BCUT2D eigenvalue weighted by Crippen LogP contribution is -2.09. The Hall–Kier alpha value is -2.36. The number of aromatic amines is 1. The highest BCUT2D eigenvalue weighted by atomic mass is 16.4. The van der Waals surface area contributed by atoms with E-state index in [4.69, 9.17) is 5.21 Å². The van der Waals surface area contributed by atoms with Crippen LogP contribution in [0.25, 0.3) is 22.4 Å². The maximum absolute atomic E-state index is 8.88. The van der Waals surface area contributed by atoms with Crippen molar-refractivity contribution in [2.45, 2.75) is 0 Å². The van der Waals surface area contributed by atoms with Crippen molar-refractivity contribution in [3.05, 3.63) is 47.8 Å². The molecule has 1 aromatic rings. The molecule has 0 radical (unpaired) electrons. The van der Waals surface area contributed by atoms with Crippen LogP contribution in [0.1, 0.15) is 0 Å². The molecule has 3 rings (SSSR count). The molecule has 16 heavy (non-hydrogen) atoms. The molecule has 78 valence electrons. The number of fused-ring (bicyclic) bond motifs is 2. The molecule has 0 saturated heterocycles. The standard InChI is InChI=1S/C12H9N3O/c16-15-11-7-3-6-10-12(11)14-9-5-2-1-4-8(9)13-10/h1-7,13,16H. The van der Waals surface area contributed by atoms with Gasteiger partial charge in [0, 0.05) is 0 Å². The van der Waals surface area contributed by atoms with Gasteiger partial charge in [0.25, 0.3) is 0 Å². The van der Waals surface area contributed by atoms with E-state index in [9.17, 15) is 0 Å². The third-order valence-corrected chi connectivity index (χ3v) is 2.53. The zero-order valence-corrected chi connectivity index (χ0v) is 8.38. The molecule has 0 atom stereocenters. The fourth-order valence-corrected chi connectivity index (χ4v) is 1.77. The van der Waals surface area contributed by atoms with Gasteiger partial charge >= 0.3 is 0 Å². The minimum Gasteiger partial charge on any atom is -0.410 e. The summed E-state index contributed by atoms with van der Waals surface area (Å²) in [4.78, 5) is 7.71. The monoisotopic (exact) mass is 211 g/mol. The van der Waals surface area contributed by atoms with Gasteiger partial charge in [-0.2, -0.15) is 0 Å². The summed E-state index contributed by atoms with van der Waals surface area (Å²) in [5, 5.41) is 12.6. The van der Waals surface area contributed by atoms with Crippen LogP contribution in [0.3, 0.4) is 0 Å². The van der Waals surface area contributed by atoms with Gasteiger partial charge in [0.2, 0.25) is 0 Å². The Bertz CT molecular complexity index is 687. The van der Waals surface area contributed by atoms with Crippen LogP contribution < -0.4 is 5.36 Å². The highest BCUT2D eigenvalue weighted by Crippen LogP contribution is 2.17. The van der Waals surface area contributed by atoms with Gasteiger partial charge in [0.1, 0.15) is 11.1 Å². The van der Waals surface area contributed by atoms with Crippen molar-refractivity contribution < 1.29 is 5.21 Å². The van der Waals surface area contributed by atoms with Crippen molar-refractivity contribution in [2.75, 3.05) is 0 Å². The van der Waals surface area contributed by atoms with Crippen LogP contribution >= 0.6 is 0 Å². The summed E-state index contributed by atoms with van der Waals surface area (Å²) in [6, 6.07) is 13.2. The average molecular weight is 211 g/mol. The fourth-order valence-electron chi connectivity index (χ4n) is 1.77. The van der Waals surface area contributed by atoms with E-state index in [0.717, 1.165) is 16.7 Å². The van der Waals surface area contributed by atoms with E-state index in [1.807, 2.05) is 36.4 Å². The molecule has 0 bridgehead atoms. The summed E-state index contributed by atoms with van der Waals surface area (Å²) in [5.41, 5.74) is 3.34. The second-order valence-corrected chi connectivity index (χ2v) is 3.53. The normalized spacial score (nSPS) is 12.4. The first-order chi connectivity index (χ1) is 7.88. The van der Waals surface area contributed by atoms with E-state index in [0.29, 0.717) is 11.1 Å². The number of benzene rings is 2. The quantitative estimate of drug-likeness (QED) is 0.339. The van der Waals surface area contributed by atoms with Gasteiger partial charge in [0.15, 0.2) is 0 Å². The smallest absolute Gasteiger partial charge is 0.130 e. The molecule has 4 heteroatoms. The lowest BCUT2D eigenvalue weighted by atomic mass is 10.2. The second kappa shape index (κ2) is 3.34. The van der Waals surface area contributed by atoms with Crippen molar-refractivity contribution in [3.63, 3.8) is 0 Å². The molecule has 1 aliphatic heterocycles. The maximum atomic E-state index is 8.88. The first-order valence-corrected chi connectivity index (χ1v) is 4.94. The van der Waals surface area contributed by atoms with E-state index < -0.39 is 0 Å². The average Bonchev–Trinajstić information content (AvgIpc) is 2.35. The second-order valence-electron chi connectivity index (χ2n) is 3.53. The van der Waals surface area contributed by atoms with Gasteiger partial charge in [-0.15, -0.1) is 0 Å². The molecule has 0 aromatic heterocycles. The molecule has 4 nitrogen and oxygen atoms in total. The van der Waals surface area contributed by atoms with Crippen LogP contribution in [0.15, 0.2) is 47.6 Å². The molecule has 2 aliphatic rings. The SMILES string of the molecule is ON=c1cccc2[nH]c3ccccc3nc1-2. The molecule has 0 spiro atoms. The fraction of sp³-hybridized carbons (Fsp3) is 0. The first kappa shape index (κ1) is 8.91. The molecule has 0 amide bonds. The Morgan fingerprint density at radius 2 is 1.94 bits per heavy atom. The van der Waals surface area contributed by atoms with E-state index in [2.05, 4.69) is 15.1 Å². The van der Waals surface area contributed by atoms with Gasteiger partial charge in [-0.1, -0.05) is 23.4 Å². The summed E-state index contributed by atoms with van der Waals surface area (Å²) in [6.45, 7) is 0. The molecule has 0 saturated carbocycles. The van der Waals surface area contributed by atoms with Crippen LogP contribution in [0, 0.1) is 0 Å². The summed E-state index contributed by atoms with van der Waals surface area (Å²) in [6.07, 6.45) is 0. The largest absolute Gasteiger partial charge is 0.410 e. The number of aromatic nitrogens is 2. The van der Waals surface area contributed by atoms with Crippen molar-refractivity contribution in [1.82, 2.24) is 9.97 Å². The zero-order chi connectivity index (χ0) is 11.0. The van der Waals surface area contributed by atoms with E-state index in [1.165, 1.54) is 0 Å². The first-order valence-electron chi connectivity index (χ1n) is 4.94. The molecule has 0 unspecified atom stereocenters. The Morgan fingerprint density at radius 3 is 2.81 bits per heavy atom. The highest BCUT2D eigenvalue weighted by Gasteiger charge is 2.07. The van der Waals surface area contributed by atoms with Gasteiger partial charge in [-0.25, -0.2) is 4.98 Å². The number of hydrogen-bond donors (Lipinski definition) is 2. The predicted octanol–water partition coefficient (Wildman–Crippen LogP) is 1.96. The summed E-state index contributed by atoms with van der Waals surface area (Å²) in [7, 11) is 0. The Labute approximate surface area is 91.2 Å². The molecule has 1 heterocycles. The van der Waals surface area contributed by atoms with Crippen LogP contribution in [-0.4, -0.2) is 15.2 Å². The Kier molecular flexibility index (Phi) is 1.86. The number of nitrogens with zero attached hydrogens (tertiary/aromatic N) is 2. The molecule has 0 fully saturated rings. The topological polar surface area (TPSA) is 61.3 Å². The lowest BCUT2D eigenvalue weighted by molar-refractivity contribution is 0.302. The van der Waals surface area contributed by atoms with Gasteiger partial charge < -0.3 is 10.2 Å². The minimum absolute atomic E-state index is 0.472. The number of H-pyrrole nitrogens is 1. The minimum atomic E-state index is 0.472. The third-order valence-electron chi connectivity index (χ3n) is 2.53. The molecular weight excluding hydrogens is 202 g/mol. The van der Waals surface area contributed by atoms with E-state index in [1.54, 1.807) is 6.07 Å². The molecular formula is C12H9N3O. The number of nitrogens with one attached hydrogen (secondary N) is 1. The third kappa shape index (κ3) is 1.24. The Balaban J connectivity index is 2.52. The van der Waals surface area contributed by atoms with Gasteiger partial charge in [-0.05, 0) is 24.3 Å². The van der Waals surface area contributed by atoms with Gasteiger partial charge in [0.05, 0.1) is 16.7 Å². The molecule has 1 aromatic carbocycles. The van der Waals surface area contributed by atoms with E-state index in [-0.39, 0.29) is 0 Å². The van der Waals surface area contributed by atoms with E-state index >= 15 is 0 Å². The number of rotatable bonds is 0. The predicted molar refractivity (Wildman–Crippen MR) is 60.1 cm³/mol. The van der Waals surface area contributed by atoms with Crippen molar-refractivity contribution in [3.8, 4) is 11.4 Å². The summed E-state index contributed by atoms with van der Waals surface area (Å²) >= 11 is 0. The molecule has 1 aliphatic carbocycles. The Morgan fingerprint density at radius 1 is 1.06 bits per heavy atom. The number of para-hydroxylation sites is 3. The lowest BCUT2D eigenvalue weighted by Gasteiger charge is -2.06. The summed E-state index contributed by atoms with van der Waals surface area (Å²) in [5.74, 6) is 0. The van der Waals surface area contributed by atoms with Crippen LogP contribution in [0.2, 0.25) is 0 Å². The molecule has 2 N–H and O–H groups in total. The van der Waals surface area contributed by atoms with Gasteiger partial charge in [-0.3, -0.25) is 0 Å². The van der Waals surface area contributed by atoms with Crippen molar-refractivity contribution in [2.24, 2.45) is 5.16 Å². The van der Waals surface area contributed by atoms with Crippen molar-refractivity contribution >= 4 is 11.0 Å². The van der Waals surface area contributed by atoms with Crippen LogP contribution in [0.5, 0.6) is 0 Å². The maximum Gasteiger partial charge on any atom is 0.130 e. The van der Waals surface area contributed by atoms with Crippen LogP contribution in [-0.2, 0) is 0 Å². The number of hydrogen-bond acceptors (Lipinski definition) is 3. The highest BCUT2D eigenvalue weighted by molar-refractivity contribution is 5.78. The van der Waals surface area contributed by atoms with Crippen LogP contribution in [0.4, 0.5) is 0 Å².